The number of benzene rings is 1. The molecule has 0 bridgehead atoms. The van der Waals surface area contributed by atoms with E-state index < -0.39 is 0 Å². The normalized spacial score (nSPS) is 27.2. The molecule has 0 heterocycles. The number of rotatable bonds is 5. The first-order valence-electron chi connectivity index (χ1n) is 6.74. The van der Waals surface area contributed by atoms with Crippen LogP contribution in [0, 0.1) is 5.92 Å². The van der Waals surface area contributed by atoms with E-state index in [2.05, 4.69) is 12.2 Å². The lowest BCUT2D eigenvalue weighted by Gasteiger charge is -2.30. The van der Waals surface area contributed by atoms with E-state index in [-0.39, 0.29) is 12.1 Å². The van der Waals surface area contributed by atoms with Crippen LogP contribution < -0.4 is 10.1 Å². The molecule has 0 saturated heterocycles. The summed E-state index contributed by atoms with van der Waals surface area (Å²) in [7, 11) is 1.67. The summed E-state index contributed by atoms with van der Waals surface area (Å²) in [6.45, 7) is 2.42. The number of methoxy groups -OCH3 is 1. The summed E-state index contributed by atoms with van der Waals surface area (Å²) in [6, 6.07) is 7.91. The van der Waals surface area contributed by atoms with Crippen LogP contribution in [0.4, 0.5) is 5.69 Å². The summed E-state index contributed by atoms with van der Waals surface area (Å²) in [5.74, 6) is 1.58. The van der Waals surface area contributed by atoms with Gasteiger partial charge in [-0.25, -0.2) is 0 Å². The van der Waals surface area contributed by atoms with Crippen molar-refractivity contribution in [1.82, 2.24) is 0 Å². The minimum absolute atomic E-state index is 0.146. The lowest BCUT2D eigenvalue weighted by atomic mass is 9.95. The Morgan fingerprint density at radius 1 is 1.50 bits per heavy atom. The SMILES string of the molecule is CCC1CCC(CO)(Nc2cccc(OC)c2)C1. The van der Waals surface area contributed by atoms with E-state index in [1.165, 1.54) is 12.8 Å². The van der Waals surface area contributed by atoms with E-state index in [0.717, 1.165) is 30.2 Å². The maximum Gasteiger partial charge on any atom is 0.120 e. The van der Waals surface area contributed by atoms with Crippen LogP contribution in [-0.2, 0) is 0 Å². The Morgan fingerprint density at radius 2 is 2.33 bits per heavy atom. The number of hydrogen-bond donors (Lipinski definition) is 2. The van der Waals surface area contributed by atoms with Gasteiger partial charge in [-0.15, -0.1) is 0 Å². The highest BCUT2D eigenvalue weighted by Gasteiger charge is 2.37. The first-order valence-corrected chi connectivity index (χ1v) is 6.74. The van der Waals surface area contributed by atoms with E-state index >= 15 is 0 Å². The smallest absolute Gasteiger partial charge is 0.120 e. The van der Waals surface area contributed by atoms with Crippen LogP contribution in [0.5, 0.6) is 5.75 Å². The van der Waals surface area contributed by atoms with Crippen molar-refractivity contribution in [2.75, 3.05) is 19.0 Å². The van der Waals surface area contributed by atoms with Crippen LogP contribution >= 0.6 is 0 Å². The zero-order valence-electron chi connectivity index (χ0n) is 11.3. The zero-order chi connectivity index (χ0) is 13.0. The van der Waals surface area contributed by atoms with E-state index in [1.807, 2.05) is 24.3 Å². The molecule has 2 N–H and O–H groups in total. The van der Waals surface area contributed by atoms with Crippen LogP contribution in [-0.4, -0.2) is 24.4 Å². The summed E-state index contributed by atoms with van der Waals surface area (Å²) >= 11 is 0. The predicted octanol–water partition coefficient (Wildman–Crippen LogP) is 3.05. The molecule has 100 valence electrons. The molecule has 3 heteroatoms. The second-order valence-corrected chi connectivity index (χ2v) is 5.31. The summed E-state index contributed by atoms with van der Waals surface area (Å²) in [5.41, 5.74) is 0.882. The molecular weight excluding hydrogens is 226 g/mol. The van der Waals surface area contributed by atoms with E-state index in [0.29, 0.717) is 0 Å². The number of anilines is 1. The number of aliphatic hydroxyl groups is 1. The number of aliphatic hydroxyl groups excluding tert-OH is 1. The number of ether oxygens (including phenoxy) is 1. The topological polar surface area (TPSA) is 41.5 Å². The molecule has 1 aliphatic rings. The Kier molecular flexibility index (Phi) is 4.12. The van der Waals surface area contributed by atoms with Crippen molar-refractivity contribution < 1.29 is 9.84 Å². The fourth-order valence-electron chi connectivity index (χ4n) is 2.89. The second kappa shape index (κ2) is 5.61. The molecule has 18 heavy (non-hydrogen) atoms. The van der Waals surface area contributed by atoms with Crippen LogP contribution in [0.25, 0.3) is 0 Å². The van der Waals surface area contributed by atoms with Crippen molar-refractivity contribution in [3.8, 4) is 5.75 Å². The van der Waals surface area contributed by atoms with E-state index in [9.17, 15) is 5.11 Å². The van der Waals surface area contributed by atoms with Crippen molar-refractivity contribution in [1.29, 1.82) is 0 Å². The minimum atomic E-state index is -0.146. The highest BCUT2D eigenvalue weighted by molar-refractivity contribution is 5.50. The highest BCUT2D eigenvalue weighted by Crippen LogP contribution is 2.38. The van der Waals surface area contributed by atoms with Gasteiger partial charge in [0.2, 0.25) is 0 Å². The molecule has 1 fully saturated rings. The van der Waals surface area contributed by atoms with Gasteiger partial charge in [0.25, 0.3) is 0 Å². The van der Waals surface area contributed by atoms with Gasteiger partial charge in [0, 0.05) is 11.8 Å². The van der Waals surface area contributed by atoms with Crippen molar-refractivity contribution in [2.24, 2.45) is 5.92 Å². The molecule has 2 atom stereocenters. The molecule has 1 saturated carbocycles. The zero-order valence-corrected chi connectivity index (χ0v) is 11.3. The summed E-state index contributed by atoms with van der Waals surface area (Å²) < 4.78 is 5.23. The lowest BCUT2D eigenvalue weighted by Crippen LogP contribution is -2.39. The van der Waals surface area contributed by atoms with Crippen molar-refractivity contribution >= 4 is 5.69 Å². The van der Waals surface area contributed by atoms with Gasteiger partial charge >= 0.3 is 0 Å². The third-order valence-electron chi connectivity index (χ3n) is 4.07. The number of hydrogen-bond acceptors (Lipinski definition) is 3. The molecule has 1 aromatic rings. The van der Waals surface area contributed by atoms with Gasteiger partial charge in [-0.1, -0.05) is 19.4 Å². The fourth-order valence-corrected chi connectivity index (χ4v) is 2.89. The quantitative estimate of drug-likeness (QED) is 0.842. The molecule has 0 radical (unpaired) electrons. The third kappa shape index (κ3) is 2.78. The van der Waals surface area contributed by atoms with Gasteiger partial charge < -0.3 is 15.2 Å². The predicted molar refractivity (Wildman–Crippen MR) is 74.1 cm³/mol. The van der Waals surface area contributed by atoms with E-state index in [1.54, 1.807) is 7.11 Å². The monoisotopic (exact) mass is 249 g/mol. The molecule has 0 amide bonds. The maximum atomic E-state index is 9.72. The lowest BCUT2D eigenvalue weighted by molar-refractivity contribution is 0.210. The van der Waals surface area contributed by atoms with Crippen molar-refractivity contribution in [2.45, 2.75) is 38.1 Å². The van der Waals surface area contributed by atoms with Gasteiger partial charge in [-0.05, 0) is 37.3 Å². The molecule has 2 unspecified atom stereocenters. The van der Waals surface area contributed by atoms with Crippen LogP contribution in [0.3, 0.4) is 0 Å². The molecule has 1 aromatic carbocycles. The average Bonchev–Trinajstić information content (AvgIpc) is 2.83. The van der Waals surface area contributed by atoms with Crippen LogP contribution in [0.1, 0.15) is 32.6 Å². The molecule has 3 nitrogen and oxygen atoms in total. The third-order valence-corrected chi connectivity index (χ3v) is 4.07. The molecule has 0 spiro atoms. The standard InChI is InChI=1S/C15H23NO2/c1-3-12-7-8-15(10-12,11-17)16-13-5-4-6-14(9-13)18-2/h4-6,9,12,16-17H,3,7-8,10-11H2,1-2H3. The highest BCUT2D eigenvalue weighted by atomic mass is 16.5. The minimum Gasteiger partial charge on any atom is -0.497 e. The fraction of sp³-hybridized carbons (Fsp3) is 0.600. The summed E-state index contributed by atoms with van der Waals surface area (Å²) in [6.07, 6.45) is 4.49. The van der Waals surface area contributed by atoms with Gasteiger partial charge in [-0.2, -0.15) is 0 Å². The molecule has 0 aliphatic heterocycles. The van der Waals surface area contributed by atoms with Gasteiger partial charge in [0.1, 0.15) is 5.75 Å². The van der Waals surface area contributed by atoms with Gasteiger partial charge in [-0.3, -0.25) is 0 Å². The summed E-state index contributed by atoms with van der Waals surface area (Å²) in [4.78, 5) is 0. The average molecular weight is 249 g/mol. The molecule has 1 aliphatic carbocycles. The maximum absolute atomic E-state index is 9.72. The first-order chi connectivity index (χ1) is 8.71. The van der Waals surface area contributed by atoms with Crippen molar-refractivity contribution in [3.05, 3.63) is 24.3 Å². The number of nitrogens with one attached hydrogen (secondary N) is 1. The molecular formula is C15H23NO2. The van der Waals surface area contributed by atoms with Crippen LogP contribution in [0.2, 0.25) is 0 Å². The Labute approximate surface area is 109 Å². The summed E-state index contributed by atoms with van der Waals surface area (Å²) in [5, 5.41) is 13.2. The first kappa shape index (κ1) is 13.2. The van der Waals surface area contributed by atoms with E-state index in [4.69, 9.17) is 4.74 Å². The van der Waals surface area contributed by atoms with Gasteiger partial charge in [0.05, 0.1) is 19.3 Å². The Hall–Kier alpha value is -1.22. The Balaban J connectivity index is 2.10. The largest absolute Gasteiger partial charge is 0.497 e. The second-order valence-electron chi connectivity index (χ2n) is 5.31. The van der Waals surface area contributed by atoms with Crippen molar-refractivity contribution in [3.63, 3.8) is 0 Å². The Morgan fingerprint density at radius 3 is 2.94 bits per heavy atom. The van der Waals surface area contributed by atoms with Gasteiger partial charge in [0.15, 0.2) is 0 Å². The van der Waals surface area contributed by atoms with Crippen LogP contribution in [0.15, 0.2) is 24.3 Å². The Bertz CT molecular complexity index is 394. The molecule has 0 aromatic heterocycles. The molecule has 2 rings (SSSR count).